The summed E-state index contributed by atoms with van der Waals surface area (Å²) < 4.78 is 0. The standard InChI is InChI=1S/C15H15ClN2OS/c1-2-13(20-12-8-6-11(16)7-9-12)15(19)18-14-5-3-4-10-17-14/h3-10,13H,2H2,1H3,(H,17,18,19). The quantitative estimate of drug-likeness (QED) is 0.840. The Hall–Kier alpha value is -1.52. The number of nitrogens with one attached hydrogen (secondary N) is 1. The first-order chi connectivity index (χ1) is 9.69. The lowest BCUT2D eigenvalue weighted by Crippen LogP contribution is -2.24. The molecule has 20 heavy (non-hydrogen) atoms. The molecule has 3 nitrogen and oxygen atoms in total. The largest absolute Gasteiger partial charge is 0.310 e. The second-order valence-electron chi connectivity index (χ2n) is 4.17. The molecule has 1 aromatic carbocycles. The minimum Gasteiger partial charge on any atom is -0.310 e. The molecule has 0 fully saturated rings. The summed E-state index contributed by atoms with van der Waals surface area (Å²) in [7, 11) is 0. The monoisotopic (exact) mass is 306 g/mol. The molecule has 0 aliphatic heterocycles. The van der Waals surface area contributed by atoms with Gasteiger partial charge in [-0.3, -0.25) is 4.79 Å². The van der Waals surface area contributed by atoms with Crippen LogP contribution in [0.5, 0.6) is 0 Å². The van der Waals surface area contributed by atoms with Crippen LogP contribution in [-0.2, 0) is 4.79 Å². The summed E-state index contributed by atoms with van der Waals surface area (Å²) in [4.78, 5) is 17.3. The maximum atomic E-state index is 12.2. The number of halogens is 1. The first kappa shape index (κ1) is 14.9. The zero-order chi connectivity index (χ0) is 14.4. The van der Waals surface area contributed by atoms with E-state index in [0.29, 0.717) is 10.8 Å². The molecule has 1 unspecified atom stereocenters. The van der Waals surface area contributed by atoms with Crippen LogP contribution in [-0.4, -0.2) is 16.1 Å². The van der Waals surface area contributed by atoms with Gasteiger partial charge < -0.3 is 5.32 Å². The van der Waals surface area contributed by atoms with Gasteiger partial charge in [-0.05, 0) is 42.8 Å². The summed E-state index contributed by atoms with van der Waals surface area (Å²) in [6, 6.07) is 12.9. The molecule has 104 valence electrons. The van der Waals surface area contributed by atoms with Gasteiger partial charge in [0, 0.05) is 16.1 Å². The molecular weight excluding hydrogens is 292 g/mol. The van der Waals surface area contributed by atoms with Gasteiger partial charge in [-0.2, -0.15) is 0 Å². The van der Waals surface area contributed by atoms with Crippen LogP contribution < -0.4 is 5.32 Å². The van der Waals surface area contributed by atoms with Gasteiger partial charge in [0.1, 0.15) is 5.82 Å². The molecule has 2 aromatic rings. The first-order valence-corrected chi connectivity index (χ1v) is 7.59. The number of amides is 1. The van der Waals surface area contributed by atoms with Gasteiger partial charge in [-0.25, -0.2) is 4.98 Å². The Labute approximate surface area is 127 Å². The molecule has 0 aliphatic carbocycles. The summed E-state index contributed by atoms with van der Waals surface area (Å²) in [5, 5.41) is 3.37. The highest BCUT2D eigenvalue weighted by Crippen LogP contribution is 2.27. The number of carbonyl (C=O) groups is 1. The van der Waals surface area contributed by atoms with E-state index in [1.54, 1.807) is 12.3 Å². The molecule has 0 aliphatic rings. The van der Waals surface area contributed by atoms with Crippen LogP contribution in [0.1, 0.15) is 13.3 Å². The van der Waals surface area contributed by atoms with Crippen molar-refractivity contribution in [3.05, 3.63) is 53.7 Å². The lowest BCUT2D eigenvalue weighted by molar-refractivity contribution is -0.115. The highest BCUT2D eigenvalue weighted by atomic mass is 35.5. The van der Waals surface area contributed by atoms with Crippen LogP contribution in [0.25, 0.3) is 0 Å². The average Bonchev–Trinajstić information content (AvgIpc) is 2.47. The van der Waals surface area contributed by atoms with Gasteiger partial charge >= 0.3 is 0 Å². The molecular formula is C15H15ClN2OS. The smallest absolute Gasteiger partial charge is 0.239 e. The van der Waals surface area contributed by atoms with Crippen LogP contribution in [0.4, 0.5) is 5.82 Å². The van der Waals surface area contributed by atoms with Crippen molar-refractivity contribution in [1.82, 2.24) is 4.98 Å². The molecule has 1 amide bonds. The Morgan fingerprint density at radius 2 is 2.05 bits per heavy atom. The zero-order valence-corrected chi connectivity index (χ0v) is 12.6. The summed E-state index contributed by atoms with van der Waals surface area (Å²) >= 11 is 7.38. The molecule has 0 saturated heterocycles. The Bertz CT molecular complexity index is 560. The van der Waals surface area contributed by atoms with Gasteiger partial charge in [0.25, 0.3) is 0 Å². The third-order valence-electron chi connectivity index (χ3n) is 2.67. The van der Waals surface area contributed by atoms with E-state index in [-0.39, 0.29) is 11.2 Å². The van der Waals surface area contributed by atoms with Gasteiger partial charge in [0.15, 0.2) is 0 Å². The Kier molecular flexibility index (Phi) is 5.44. The van der Waals surface area contributed by atoms with Gasteiger partial charge in [0.05, 0.1) is 5.25 Å². The molecule has 2 rings (SSSR count). The summed E-state index contributed by atoms with van der Waals surface area (Å²) in [5.74, 6) is 0.541. The highest BCUT2D eigenvalue weighted by molar-refractivity contribution is 8.00. The van der Waals surface area contributed by atoms with E-state index >= 15 is 0 Å². The fourth-order valence-electron chi connectivity index (χ4n) is 1.64. The number of aromatic nitrogens is 1. The number of hydrogen-bond acceptors (Lipinski definition) is 3. The van der Waals surface area contributed by atoms with E-state index in [9.17, 15) is 4.79 Å². The van der Waals surface area contributed by atoms with E-state index in [2.05, 4.69) is 10.3 Å². The zero-order valence-electron chi connectivity index (χ0n) is 11.0. The first-order valence-electron chi connectivity index (χ1n) is 6.33. The van der Waals surface area contributed by atoms with E-state index < -0.39 is 0 Å². The van der Waals surface area contributed by atoms with E-state index in [4.69, 9.17) is 11.6 Å². The van der Waals surface area contributed by atoms with E-state index in [1.165, 1.54) is 11.8 Å². The second kappa shape index (κ2) is 7.31. The van der Waals surface area contributed by atoms with Crippen molar-refractivity contribution in [3.63, 3.8) is 0 Å². The van der Waals surface area contributed by atoms with Crippen molar-refractivity contribution in [1.29, 1.82) is 0 Å². The molecule has 1 aromatic heterocycles. The van der Waals surface area contributed by atoms with Crippen molar-refractivity contribution in [3.8, 4) is 0 Å². The number of thioether (sulfide) groups is 1. The predicted molar refractivity (Wildman–Crippen MR) is 84.3 cm³/mol. The van der Waals surface area contributed by atoms with Gasteiger partial charge in [-0.1, -0.05) is 24.6 Å². The predicted octanol–water partition coefficient (Wildman–Crippen LogP) is 4.24. The molecule has 1 heterocycles. The molecule has 0 saturated carbocycles. The molecule has 5 heteroatoms. The Morgan fingerprint density at radius 1 is 1.30 bits per heavy atom. The van der Waals surface area contributed by atoms with Crippen molar-refractivity contribution in [2.75, 3.05) is 5.32 Å². The SMILES string of the molecule is CCC(Sc1ccc(Cl)cc1)C(=O)Nc1ccccn1. The number of rotatable bonds is 5. The normalized spacial score (nSPS) is 11.9. The number of benzene rings is 1. The number of pyridine rings is 1. The van der Waals surface area contributed by atoms with Crippen molar-refractivity contribution < 1.29 is 4.79 Å². The van der Waals surface area contributed by atoms with Gasteiger partial charge in [0.2, 0.25) is 5.91 Å². The minimum absolute atomic E-state index is 0.0360. The second-order valence-corrected chi connectivity index (χ2v) is 5.89. The van der Waals surface area contributed by atoms with Crippen LogP contribution in [0.3, 0.4) is 0 Å². The van der Waals surface area contributed by atoms with E-state index in [1.807, 2.05) is 43.3 Å². The maximum Gasteiger partial charge on any atom is 0.239 e. The summed E-state index contributed by atoms with van der Waals surface area (Å²) in [6.45, 7) is 1.99. The van der Waals surface area contributed by atoms with E-state index in [0.717, 1.165) is 11.3 Å². The third kappa shape index (κ3) is 4.25. The van der Waals surface area contributed by atoms with Crippen LogP contribution >= 0.6 is 23.4 Å². The van der Waals surface area contributed by atoms with Crippen molar-refractivity contribution >= 4 is 35.1 Å². The number of carbonyl (C=O) groups excluding carboxylic acids is 1. The molecule has 1 N–H and O–H groups in total. The molecule has 0 radical (unpaired) electrons. The fraction of sp³-hybridized carbons (Fsp3) is 0.200. The molecule has 0 spiro atoms. The van der Waals surface area contributed by atoms with Gasteiger partial charge in [-0.15, -0.1) is 11.8 Å². The minimum atomic E-state index is -0.154. The number of anilines is 1. The highest BCUT2D eigenvalue weighted by Gasteiger charge is 2.18. The number of nitrogens with zero attached hydrogens (tertiary/aromatic N) is 1. The fourth-order valence-corrected chi connectivity index (χ4v) is 2.72. The summed E-state index contributed by atoms with van der Waals surface area (Å²) in [6.07, 6.45) is 2.40. The maximum absolute atomic E-state index is 12.2. The summed E-state index contributed by atoms with van der Waals surface area (Å²) in [5.41, 5.74) is 0. The topological polar surface area (TPSA) is 42.0 Å². The van der Waals surface area contributed by atoms with Crippen LogP contribution in [0.2, 0.25) is 5.02 Å². The van der Waals surface area contributed by atoms with Crippen LogP contribution in [0.15, 0.2) is 53.6 Å². The lowest BCUT2D eigenvalue weighted by Gasteiger charge is -2.14. The molecule has 0 bridgehead atoms. The lowest BCUT2D eigenvalue weighted by atomic mass is 10.3. The third-order valence-corrected chi connectivity index (χ3v) is 4.30. The number of hydrogen-bond donors (Lipinski definition) is 1. The van der Waals surface area contributed by atoms with Crippen molar-refractivity contribution in [2.45, 2.75) is 23.5 Å². The Morgan fingerprint density at radius 3 is 2.65 bits per heavy atom. The van der Waals surface area contributed by atoms with Crippen LogP contribution in [0, 0.1) is 0 Å². The Balaban J connectivity index is 2.00. The average molecular weight is 307 g/mol. The van der Waals surface area contributed by atoms with Crippen molar-refractivity contribution in [2.24, 2.45) is 0 Å². The molecule has 1 atom stereocenters.